The molecule has 2 unspecified atom stereocenters. The molecule has 1 aromatic rings. The third-order valence-corrected chi connectivity index (χ3v) is 5.74. The van der Waals surface area contributed by atoms with E-state index in [1.807, 2.05) is 0 Å². The largest absolute Gasteiger partial charge is 0.392 e. The van der Waals surface area contributed by atoms with Crippen molar-refractivity contribution in [2.24, 2.45) is 0 Å². The molecule has 20 heavy (non-hydrogen) atoms. The summed E-state index contributed by atoms with van der Waals surface area (Å²) in [5.41, 5.74) is 0.213. The number of aliphatic hydroxyl groups excluding tert-OH is 1. The molecule has 2 saturated heterocycles. The third-order valence-electron chi connectivity index (χ3n) is 3.83. The number of hydrogen-bond acceptors (Lipinski definition) is 4. The Morgan fingerprint density at radius 2 is 1.95 bits per heavy atom. The molecule has 2 bridgehead atoms. The number of nitrogens with zero attached hydrogens (tertiary/aromatic N) is 1. The molecule has 2 aliphatic rings. The molecule has 0 aromatic heterocycles. The van der Waals surface area contributed by atoms with Crippen LogP contribution in [-0.2, 0) is 21.4 Å². The van der Waals surface area contributed by atoms with Gasteiger partial charge in [-0.3, -0.25) is 0 Å². The first-order valence-corrected chi connectivity index (χ1v) is 7.99. The highest BCUT2D eigenvalue weighted by atomic mass is 32.2. The number of rotatable bonds is 3. The molecule has 2 aliphatic heterocycles. The molecule has 0 aliphatic carbocycles. The Balaban J connectivity index is 1.97. The summed E-state index contributed by atoms with van der Waals surface area (Å²) in [4.78, 5) is -0.152. The second kappa shape index (κ2) is 5.07. The van der Waals surface area contributed by atoms with Crippen LogP contribution in [0.3, 0.4) is 0 Å². The molecule has 5 nitrogen and oxygen atoms in total. The van der Waals surface area contributed by atoms with Gasteiger partial charge in [0.05, 0.1) is 23.7 Å². The molecule has 110 valence electrons. The van der Waals surface area contributed by atoms with Crippen molar-refractivity contribution in [2.45, 2.75) is 36.6 Å². The Bertz CT molecular complexity index is 607. The first-order chi connectivity index (χ1) is 9.50. The summed E-state index contributed by atoms with van der Waals surface area (Å²) in [7, 11) is -3.80. The Hall–Kier alpha value is -1.02. The van der Waals surface area contributed by atoms with E-state index in [0.29, 0.717) is 13.1 Å². The second-order valence-corrected chi connectivity index (χ2v) is 7.10. The number of hydrogen-bond donors (Lipinski definition) is 1. The standard InChI is InChI=1S/C13H16FNO4S/c14-10-2-1-9(8-16)13(5-10)20(17,18)15-6-11-3-4-12(7-15)19-11/h1-2,5,11-12,16H,3-4,6-8H2. The van der Waals surface area contributed by atoms with Gasteiger partial charge in [-0.25, -0.2) is 12.8 Å². The van der Waals surface area contributed by atoms with Gasteiger partial charge in [-0.1, -0.05) is 6.07 Å². The van der Waals surface area contributed by atoms with Crippen molar-refractivity contribution in [1.29, 1.82) is 0 Å². The molecular formula is C13H16FNO4S. The van der Waals surface area contributed by atoms with Gasteiger partial charge in [0, 0.05) is 13.1 Å². The van der Waals surface area contributed by atoms with Gasteiger partial charge < -0.3 is 9.84 Å². The number of fused-ring (bicyclic) bond motifs is 2. The zero-order valence-corrected chi connectivity index (χ0v) is 11.6. The highest BCUT2D eigenvalue weighted by molar-refractivity contribution is 7.89. The number of ether oxygens (including phenoxy) is 1. The summed E-state index contributed by atoms with van der Waals surface area (Å²) in [6.07, 6.45) is 1.56. The van der Waals surface area contributed by atoms with Gasteiger partial charge in [-0.05, 0) is 30.5 Å². The van der Waals surface area contributed by atoms with Crippen LogP contribution < -0.4 is 0 Å². The average Bonchev–Trinajstić information content (AvgIpc) is 2.77. The van der Waals surface area contributed by atoms with E-state index in [0.717, 1.165) is 25.0 Å². The fraction of sp³-hybridized carbons (Fsp3) is 0.538. The maximum atomic E-state index is 13.4. The molecule has 0 radical (unpaired) electrons. The van der Waals surface area contributed by atoms with Crippen LogP contribution in [0.2, 0.25) is 0 Å². The maximum Gasteiger partial charge on any atom is 0.243 e. The summed E-state index contributed by atoms with van der Waals surface area (Å²) in [5.74, 6) is -0.628. The van der Waals surface area contributed by atoms with E-state index in [2.05, 4.69) is 0 Å². The molecule has 0 spiro atoms. The van der Waals surface area contributed by atoms with E-state index in [4.69, 9.17) is 4.74 Å². The van der Waals surface area contributed by atoms with E-state index in [9.17, 15) is 17.9 Å². The number of sulfonamides is 1. The zero-order valence-electron chi connectivity index (χ0n) is 10.8. The van der Waals surface area contributed by atoms with Crippen molar-refractivity contribution in [3.05, 3.63) is 29.6 Å². The fourth-order valence-electron chi connectivity index (χ4n) is 2.81. The van der Waals surface area contributed by atoms with Crippen LogP contribution in [0.15, 0.2) is 23.1 Å². The smallest absolute Gasteiger partial charge is 0.243 e. The lowest BCUT2D eigenvalue weighted by molar-refractivity contribution is -0.0114. The minimum Gasteiger partial charge on any atom is -0.392 e. The first-order valence-electron chi connectivity index (χ1n) is 6.55. The van der Waals surface area contributed by atoms with Crippen molar-refractivity contribution in [3.8, 4) is 0 Å². The minimum absolute atomic E-state index is 0.0744. The van der Waals surface area contributed by atoms with Gasteiger partial charge in [0.2, 0.25) is 10.0 Å². The molecule has 2 fully saturated rings. The van der Waals surface area contributed by atoms with Gasteiger partial charge in [-0.15, -0.1) is 0 Å². The number of morpholine rings is 1. The predicted molar refractivity (Wildman–Crippen MR) is 69.0 cm³/mol. The summed E-state index contributed by atoms with van der Waals surface area (Å²) in [5, 5.41) is 9.26. The van der Waals surface area contributed by atoms with Crippen LogP contribution in [0, 0.1) is 5.82 Å². The van der Waals surface area contributed by atoms with Crippen molar-refractivity contribution in [2.75, 3.05) is 13.1 Å². The summed E-state index contributed by atoms with van der Waals surface area (Å²) < 4.78 is 45.6. The van der Waals surface area contributed by atoms with Crippen molar-refractivity contribution >= 4 is 10.0 Å². The number of halogens is 1. The van der Waals surface area contributed by atoms with Crippen molar-refractivity contribution in [3.63, 3.8) is 0 Å². The number of benzene rings is 1. The Morgan fingerprint density at radius 3 is 2.55 bits per heavy atom. The van der Waals surface area contributed by atoms with Gasteiger partial charge in [0.1, 0.15) is 5.82 Å². The van der Waals surface area contributed by atoms with Crippen molar-refractivity contribution < 1.29 is 22.7 Å². The Morgan fingerprint density at radius 1 is 1.30 bits per heavy atom. The van der Waals surface area contributed by atoms with E-state index in [1.165, 1.54) is 10.4 Å². The van der Waals surface area contributed by atoms with Crippen LogP contribution in [0.25, 0.3) is 0 Å². The summed E-state index contributed by atoms with van der Waals surface area (Å²) >= 11 is 0. The third kappa shape index (κ3) is 2.35. The van der Waals surface area contributed by atoms with Gasteiger partial charge in [0.15, 0.2) is 0 Å². The molecule has 2 heterocycles. The molecule has 0 saturated carbocycles. The molecule has 2 atom stereocenters. The Kier molecular flexibility index (Phi) is 3.53. The van der Waals surface area contributed by atoms with Gasteiger partial charge in [-0.2, -0.15) is 4.31 Å². The molecular weight excluding hydrogens is 285 g/mol. The highest BCUT2D eigenvalue weighted by Gasteiger charge is 2.40. The normalized spacial score (nSPS) is 26.9. The number of aliphatic hydroxyl groups is 1. The van der Waals surface area contributed by atoms with E-state index in [1.54, 1.807) is 0 Å². The van der Waals surface area contributed by atoms with Crippen molar-refractivity contribution in [1.82, 2.24) is 4.31 Å². The zero-order chi connectivity index (χ0) is 14.3. The second-order valence-electron chi connectivity index (χ2n) is 5.19. The van der Waals surface area contributed by atoms with Crippen LogP contribution in [0.4, 0.5) is 4.39 Å². The first kappa shape index (κ1) is 13.9. The van der Waals surface area contributed by atoms with E-state index < -0.39 is 22.4 Å². The fourth-order valence-corrected chi connectivity index (χ4v) is 4.54. The minimum atomic E-state index is -3.80. The Labute approximate surface area is 117 Å². The molecule has 1 N–H and O–H groups in total. The van der Waals surface area contributed by atoms with Gasteiger partial charge in [0.25, 0.3) is 0 Å². The average molecular weight is 301 g/mol. The lowest BCUT2D eigenvalue weighted by atomic mass is 10.2. The van der Waals surface area contributed by atoms with E-state index in [-0.39, 0.29) is 22.7 Å². The van der Waals surface area contributed by atoms with Crippen LogP contribution in [-0.4, -0.2) is 43.1 Å². The molecule has 3 rings (SSSR count). The van der Waals surface area contributed by atoms with Crippen LogP contribution in [0.1, 0.15) is 18.4 Å². The SMILES string of the molecule is O=S(=O)(c1cc(F)ccc1CO)N1CC2CCC(C1)O2. The molecule has 7 heteroatoms. The quantitative estimate of drug-likeness (QED) is 0.899. The molecule has 1 aromatic carbocycles. The lowest BCUT2D eigenvalue weighted by Gasteiger charge is -2.31. The van der Waals surface area contributed by atoms with Crippen LogP contribution >= 0.6 is 0 Å². The maximum absolute atomic E-state index is 13.4. The van der Waals surface area contributed by atoms with Gasteiger partial charge >= 0.3 is 0 Å². The van der Waals surface area contributed by atoms with Crippen LogP contribution in [0.5, 0.6) is 0 Å². The predicted octanol–water partition coefficient (Wildman–Crippen LogP) is 0.870. The molecule has 0 amide bonds. The topological polar surface area (TPSA) is 66.8 Å². The highest BCUT2D eigenvalue weighted by Crippen LogP contribution is 2.31. The summed E-state index contributed by atoms with van der Waals surface area (Å²) in [6, 6.07) is 3.42. The summed E-state index contributed by atoms with van der Waals surface area (Å²) in [6.45, 7) is 0.145. The lowest BCUT2D eigenvalue weighted by Crippen LogP contribution is -2.45. The van der Waals surface area contributed by atoms with E-state index >= 15 is 0 Å². The monoisotopic (exact) mass is 301 g/mol.